The van der Waals surface area contributed by atoms with E-state index in [9.17, 15) is 0 Å². The highest BCUT2D eigenvalue weighted by molar-refractivity contribution is 5.68. The average molecular weight is 258 g/mol. The van der Waals surface area contributed by atoms with E-state index < -0.39 is 0 Å². The van der Waals surface area contributed by atoms with Gasteiger partial charge in [-0.2, -0.15) is 0 Å². The molecule has 2 rings (SSSR count). The van der Waals surface area contributed by atoms with Gasteiger partial charge in [-0.25, -0.2) is 0 Å². The predicted molar refractivity (Wildman–Crippen MR) is 75.5 cm³/mol. The number of hydrogen-bond donors (Lipinski definition) is 1. The van der Waals surface area contributed by atoms with Gasteiger partial charge in [0, 0.05) is 12.7 Å². The smallest absolute Gasteiger partial charge is 0.151 e. The van der Waals surface area contributed by atoms with Crippen molar-refractivity contribution in [2.45, 2.75) is 20.8 Å². The summed E-state index contributed by atoms with van der Waals surface area (Å²) in [7, 11) is 1.63. The van der Waals surface area contributed by atoms with Gasteiger partial charge in [-0.3, -0.25) is 4.98 Å². The highest BCUT2D eigenvalue weighted by Gasteiger charge is 2.15. The van der Waals surface area contributed by atoms with Crippen molar-refractivity contribution in [1.29, 1.82) is 0 Å². The minimum atomic E-state index is 0.704. The molecule has 100 valence electrons. The highest BCUT2D eigenvalue weighted by atomic mass is 16.5. The fourth-order valence-electron chi connectivity index (χ4n) is 1.90. The number of rotatable bonds is 4. The summed E-state index contributed by atoms with van der Waals surface area (Å²) in [5, 5.41) is 11.7. The quantitative estimate of drug-likeness (QED) is 0.913. The molecular formula is C14H18N4O. The lowest BCUT2D eigenvalue weighted by molar-refractivity contribution is 0.414. The average Bonchev–Trinajstić information content (AvgIpc) is 2.44. The molecule has 2 heterocycles. The lowest BCUT2D eigenvalue weighted by Crippen LogP contribution is -2.07. The second-order valence-electron chi connectivity index (χ2n) is 4.23. The summed E-state index contributed by atoms with van der Waals surface area (Å²) in [6, 6.07) is 3.71. The van der Waals surface area contributed by atoms with E-state index in [0.29, 0.717) is 5.75 Å². The third-order valence-corrected chi connectivity index (χ3v) is 3.08. The van der Waals surface area contributed by atoms with E-state index in [1.165, 1.54) is 0 Å². The topological polar surface area (TPSA) is 59.9 Å². The maximum absolute atomic E-state index is 5.33. The van der Waals surface area contributed by atoms with Crippen molar-refractivity contribution in [3.8, 4) is 17.1 Å². The van der Waals surface area contributed by atoms with Crippen molar-refractivity contribution < 1.29 is 4.74 Å². The van der Waals surface area contributed by atoms with Gasteiger partial charge in [0.25, 0.3) is 0 Å². The monoisotopic (exact) mass is 258 g/mol. The normalized spacial score (nSPS) is 10.3. The second kappa shape index (κ2) is 5.65. The molecule has 19 heavy (non-hydrogen) atoms. The summed E-state index contributed by atoms with van der Waals surface area (Å²) in [5.74, 6) is 1.52. The molecule has 0 atom stereocenters. The Kier molecular flexibility index (Phi) is 3.94. The zero-order valence-electron chi connectivity index (χ0n) is 11.7. The van der Waals surface area contributed by atoms with Crippen molar-refractivity contribution >= 4 is 5.82 Å². The summed E-state index contributed by atoms with van der Waals surface area (Å²) in [6.45, 7) is 6.91. The first-order valence-electron chi connectivity index (χ1n) is 6.26. The molecule has 2 aromatic rings. The summed E-state index contributed by atoms with van der Waals surface area (Å²) in [6.07, 6.45) is 1.73. The first-order chi connectivity index (χ1) is 9.19. The molecular weight excluding hydrogens is 240 g/mol. The van der Waals surface area contributed by atoms with E-state index >= 15 is 0 Å². The number of hydrogen-bond acceptors (Lipinski definition) is 5. The first-order valence-corrected chi connectivity index (χ1v) is 6.26. The molecule has 0 spiro atoms. The second-order valence-corrected chi connectivity index (χ2v) is 4.23. The van der Waals surface area contributed by atoms with Crippen LogP contribution in [-0.4, -0.2) is 28.8 Å². The molecule has 0 aliphatic rings. The van der Waals surface area contributed by atoms with Gasteiger partial charge in [-0.1, -0.05) is 0 Å². The molecule has 0 aliphatic carbocycles. The predicted octanol–water partition coefficient (Wildman–Crippen LogP) is 2.60. The van der Waals surface area contributed by atoms with E-state index in [2.05, 4.69) is 20.5 Å². The zero-order chi connectivity index (χ0) is 13.8. The molecule has 0 unspecified atom stereocenters. The van der Waals surface area contributed by atoms with E-state index in [4.69, 9.17) is 4.74 Å². The molecule has 0 saturated carbocycles. The number of aromatic nitrogens is 3. The molecule has 5 nitrogen and oxygen atoms in total. The Labute approximate surface area is 113 Å². The maximum Gasteiger partial charge on any atom is 0.151 e. The van der Waals surface area contributed by atoms with Crippen LogP contribution in [0.3, 0.4) is 0 Å². The molecule has 0 aromatic carbocycles. The molecule has 5 heteroatoms. The van der Waals surface area contributed by atoms with Gasteiger partial charge < -0.3 is 10.1 Å². The van der Waals surface area contributed by atoms with Crippen LogP contribution in [0.5, 0.6) is 5.75 Å². The molecule has 2 aromatic heterocycles. The van der Waals surface area contributed by atoms with Gasteiger partial charge in [-0.05, 0) is 44.0 Å². The maximum atomic E-state index is 5.33. The Hall–Kier alpha value is -2.17. The Morgan fingerprint density at radius 2 is 1.95 bits per heavy atom. The molecule has 0 aliphatic heterocycles. The third-order valence-electron chi connectivity index (χ3n) is 3.08. The van der Waals surface area contributed by atoms with Crippen LogP contribution in [0.4, 0.5) is 5.82 Å². The standard InChI is InChI=1S/C14H18N4O/c1-5-15-14-10(3)9(2)12(17-18-14)13-11(19-4)7-6-8-16-13/h6-8H,5H2,1-4H3,(H,15,18). The Bertz CT molecular complexity index is 584. The number of methoxy groups -OCH3 is 1. The third kappa shape index (κ3) is 2.50. The Morgan fingerprint density at radius 3 is 2.63 bits per heavy atom. The molecule has 0 amide bonds. The van der Waals surface area contributed by atoms with Crippen LogP contribution >= 0.6 is 0 Å². The van der Waals surface area contributed by atoms with Crippen LogP contribution in [0.1, 0.15) is 18.1 Å². The fraction of sp³-hybridized carbons (Fsp3) is 0.357. The summed E-state index contributed by atoms with van der Waals surface area (Å²) >= 11 is 0. The van der Waals surface area contributed by atoms with Gasteiger partial charge >= 0.3 is 0 Å². The lowest BCUT2D eigenvalue weighted by Gasteiger charge is -2.13. The SMILES string of the molecule is CCNc1nnc(-c2ncccc2OC)c(C)c1C. The van der Waals surface area contributed by atoms with Crippen molar-refractivity contribution in [3.63, 3.8) is 0 Å². The van der Waals surface area contributed by atoms with Gasteiger partial charge in [0.05, 0.1) is 7.11 Å². The zero-order valence-corrected chi connectivity index (χ0v) is 11.7. The van der Waals surface area contributed by atoms with Crippen molar-refractivity contribution in [2.75, 3.05) is 19.0 Å². The summed E-state index contributed by atoms with van der Waals surface area (Å²) in [4.78, 5) is 4.35. The van der Waals surface area contributed by atoms with Gasteiger partial charge in [0.15, 0.2) is 5.82 Å². The van der Waals surface area contributed by atoms with E-state index in [-0.39, 0.29) is 0 Å². The molecule has 0 saturated heterocycles. The summed E-state index contributed by atoms with van der Waals surface area (Å²) < 4.78 is 5.33. The van der Waals surface area contributed by atoms with Gasteiger partial charge in [0.2, 0.25) is 0 Å². The van der Waals surface area contributed by atoms with Crippen molar-refractivity contribution in [3.05, 3.63) is 29.5 Å². The van der Waals surface area contributed by atoms with Crippen LogP contribution < -0.4 is 10.1 Å². The Morgan fingerprint density at radius 1 is 1.16 bits per heavy atom. The van der Waals surface area contributed by atoms with Crippen LogP contribution in [0, 0.1) is 13.8 Å². The number of nitrogens with one attached hydrogen (secondary N) is 1. The number of anilines is 1. The van der Waals surface area contributed by atoms with Crippen LogP contribution in [-0.2, 0) is 0 Å². The van der Waals surface area contributed by atoms with Crippen LogP contribution in [0.15, 0.2) is 18.3 Å². The first kappa shape index (κ1) is 13.3. The van der Waals surface area contributed by atoms with Gasteiger partial charge in [-0.15, -0.1) is 10.2 Å². The lowest BCUT2D eigenvalue weighted by atomic mass is 10.1. The molecule has 1 N–H and O–H groups in total. The molecule has 0 fully saturated rings. The summed E-state index contributed by atoms with van der Waals surface area (Å²) in [5.41, 5.74) is 3.63. The van der Waals surface area contributed by atoms with Crippen LogP contribution in [0.2, 0.25) is 0 Å². The number of nitrogens with zero attached hydrogens (tertiary/aromatic N) is 3. The highest BCUT2D eigenvalue weighted by Crippen LogP contribution is 2.30. The number of ether oxygens (including phenoxy) is 1. The Balaban J connectivity index is 2.54. The number of pyridine rings is 1. The molecule has 0 bridgehead atoms. The van der Waals surface area contributed by atoms with Crippen molar-refractivity contribution in [2.24, 2.45) is 0 Å². The van der Waals surface area contributed by atoms with E-state index in [0.717, 1.165) is 34.9 Å². The van der Waals surface area contributed by atoms with E-state index in [1.54, 1.807) is 13.3 Å². The minimum absolute atomic E-state index is 0.704. The van der Waals surface area contributed by atoms with Crippen molar-refractivity contribution in [1.82, 2.24) is 15.2 Å². The van der Waals surface area contributed by atoms with Crippen LogP contribution in [0.25, 0.3) is 11.4 Å². The fourth-order valence-corrected chi connectivity index (χ4v) is 1.90. The van der Waals surface area contributed by atoms with E-state index in [1.807, 2.05) is 32.9 Å². The largest absolute Gasteiger partial charge is 0.494 e. The van der Waals surface area contributed by atoms with Gasteiger partial charge in [0.1, 0.15) is 17.1 Å². The minimum Gasteiger partial charge on any atom is -0.494 e. The molecule has 0 radical (unpaired) electrons.